The number of H-pyrrole nitrogens is 1. The first kappa shape index (κ1) is 18.4. The van der Waals surface area contributed by atoms with Crippen LogP contribution in [0.2, 0.25) is 0 Å². The van der Waals surface area contributed by atoms with Crippen molar-refractivity contribution in [2.24, 2.45) is 0 Å². The molecule has 0 radical (unpaired) electrons. The lowest BCUT2D eigenvalue weighted by Crippen LogP contribution is -2.31. The third-order valence-corrected chi connectivity index (χ3v) is 5.73. The maximum atomic E-state index is 12.6. The molecular formula is C20H16N6O3S. The number of fused-ring (bicyclic) bond motifs is 1. The number of carbonyl (C=O) groups excluding carboxylic acids is 1. The molecular weight excluding hydrogens is 404 g/mol. The monoisotopic (exact) mass is 420 g/mol. The predicted octanol–water partition coefficient (Wildman–Crippen LogP) is 1.87. The van der Waals surface area contributed by atoms with Gasteiger partial charge in [-0.25, -0.2) is 14.8 Å². The number of amides is 1. The standard InChI is InChI=1S/C20H16N6O3S/c27-18(23-9-16-24-15(10-30-16)11-3-5-21-6-4-11)12-7-14-17(22-8-12)26(13-1-2-13)20(29)25-19(14)28/h3-8,10,13H,1-2,9H2,(H,23,27)(H,25,28,29). The number of aromatic amines is 1. The van der Waals surface area contributed by atoms with E-state index in [0.717, 1.165) is 29.1 Å². The summed E-state index contributed by atoms with van der Waals surface area (Å²) in [6.45, 7) is 0.255. The lowest BCUT2D eigenvalue weighted by Gasteiger charge is -2.08. The van der Waals surface area contributed by atoms with Gasteiger partial charge in [-0.1, -0.05) is 0 Å². The molecule has 4 aromatic heterocycles. The third-order valence-electron chi connectivity index (χ3n) is 4.88. The van der Waals surface area contributed by atoms with Gasteiger partial charge in [-0.3, -0.25) is 24.1 Å². The molecule has 0 bridgehead atoms. The van der Waals surface area contributed by atoms with E-state index < -0.39 is 11.2 Å². The summed E-state index contributed by atoms with van der Waals surface area (Å²) in [5.74, 6) is -0.367. The first-order valence-electron chi connectivity index (χ1n) is 9.38. The number of rotatable bonds is 5. The minimum atomic E-state index is -0.545. The third kappa shape index (κ3) is 3.41. The Morgan fingerprint density at radius 3 is 2.83 bits per heavy atom. The van der Waals surface area contributed by atoms with Gasteiger partial charge in [0.25, 0.3) is 11.5 Å². The van der Waals surface area contributed by atoms with Crippen LogP contribution in [0.1, 0.15) is 34.2 Å². The van der Waals surface area contributed by atoms with Gasteiger partial charge >= 0.3 is 5.69 Å². The van der Waals surface area contributed by atoms with Gasteiger partial charge in [0.15, 0.2) is 0 Å². The molecule has 30 heavy (non-hydrogen) atoms. The molecule has 9 nitrogen and oxygen atoms in total. The first-order valence-corrected chi connectivity index (χ1v) is 10.3. The molecule has 0 saturated heterocycles. The summed E-state index contributed by atoms with van der Waals surface area (Å²) >= 11 is 1.45. The lowest BCUT2D eigenvalue weighted by atomic mass is 10.2. The zero-order valence-electron chi connectivity index (χ0n) is 15.7. The summed E-state index contributed by atoms with van der Waals surface area (Å²) in [6.07, 6.45) is 6.54. The van der Waals surface area contributed by atoms with Crippen molar-refractivity contribution >= 4 is 28.3 Å². The van der Waals surface area contributed by atoms with Crippen molar-refractivity contribution in [1.82, 2.24) is 29.8 Å². The van der Waals surface area contributed by atoms with Gasteiger partial charge in [0.2, 0.25) is 0 Å². The van der Waals surface area contributed by atoms with Gasteiger partial charge in [-0.15, -0.1) is 11.3 Å². The van der Waals surface area contributed by atoms with Crippen LogP contribution in [0, 0.1) is 0 Å². The van der Waals surface area contributed by atoms with Crippen LogP contribution in [0.15, 0.2) is 51.8 Å². The second kappa shape index (κ2) is 7.30. The molecule has 5 rings (SSSR count). The summed E-state index contributed by atoms with van der Waals surface area (Å²) in [6, 6.07) is 5.27. The highest BCUT2D eigenvalue weighted by atomic mass is 32.1. The summed E-state index contributed by atoms with van der Waals surface area (Å²) in [4.78, 5) is 52.0. The van der Waals surface area contributed by atoms with Crippen LogP contribution in [0.5, 0.6) is 0 Å². The van der Waals surface area contributed by atoms with Gasteiger partial charge in [-0.05, 0) is 31.0 Å². The molecule has 1 amide bonds. The van der Waals surface area contributed by atoms with Gasteiger partial charge in [-0.2, -0.15) is 0 Å². The average molecular weight is 420 g/mol. The van der Waals surface area contributed by atoms with Crippen molar-refractivity contribution < 1.29 is 4.79 Å². The molecule has 0 aliphatic heterocycles. The number of nitrogens with zero attached hydrogens (tertiary/aromatic N) is 4. The van der Waals surface area contributed by atoms with Crippen LogP contribution < -0.4 is 16.6 Å². The van der Waals surface area contributed by atoms with Crippen LogP contribution >= 0.6 is 11.3 Å². The van der Waals surface area contributed by atoms with Crippen LogP contribution in [-0.2, 0) is 6.54 Å². The summed E-state index contributed by atoms with van der Waals surface area (Å²) in [5, 5.41) is 5.70. The Morgan fingerprint density at radius 2 is 2.07 bits per heavy atom. The molecule has 4 aromatic rings. The summed E-state index contributed by atoms with van der Waals surface area (Å²) < 4.78 is 1.49. The van der Waals surface area contributed by atoms with Gasteiger partial charge in [0, 0.05) is 35.6 Å². The fourth-order valence-corrected chi connectivity index (χ4v) is 3.98. The Bertz CT molecular complexity index is 1370. The number of aromatic nitrogens is 5. The van der Waals surface area contributed by atoms with Crippen molar-refractivity contribution in [3.63, 3.8) is 0 Å². The van der Waals surface area contributed by atoms with E-state index in [1.54, 1.807) is 12.4 Å². The fourth-order valence-electron chi connectivity index (χ4n) is 3.24. The van der Waals surface area contributed by atoms with E-state index in [9.17, 15) is 14.4 Å². The predicted molar refractivity (Wildman–Crippen MR) is 111 cm³/mol. The van der Waals surface area contributed by atoms with Crippen molar-refractivity contribution in [2.45, 2.75) is 25.4 Å². The van der Waals surface area contributed by atoms with Crippen LogP contribution in [-0.4, -0.2) is 30.4 Å². The molecule has 2 N–H and O–H groups in total. The number of nitrogens with one attached hydrogen (secondary N) is 2. The molecule has 0 atom stereocenters. The maximum Gasteiger partial charge on any atom is 0.330 e. The SMILES string of the molecule is O=C(NCc1nc(-c2ccncc2)cs1)c1cnc2c(c1)c(=O)[nH]c(=O)n2C1CC1. The smallest absolute Gasteiger partial charge is 0.330 e. The summed E-state index contributed by atoms with van der Waals surface area (Å²) in [5.41, 5.74) is 1.33. The molecule has 0 aromatic carbocycles. The molecule has 0 spiro atoms. The molecule has 10 heteroatoms. The maximum absolute atomic E-state index is 12.6. The van der Waals surface area contributed by atoms with Crippen molar-refractivity contribution in [3.8, 4) is 11.3 Å². The van der Waals surface area contributed by atoms with E-state index in [1.807, 2.05) is 17.5 Å². The number of thiazole rings is 1. The van der Waals surface area contributed by atoms with Gasteiger partial charge in [0.05, 0.1) is 23.2 Å². The zero-order chi connectivity index (χ0) is 20.7. The van der Waals surface area contributed by atoms with Crippen LogP contribution in [0.4, 0.5) is 0 Å². The van der Waals surface area contributed by atoms with Crippen molar-refractivity contribution in [3.05, 3.63) is 73.6 Å². The topological polar surface area (TPSA) is 123 Å². The van der Waals surface area contributed by atoms with Gasteiger partial charge < -0.3 is 5.32 Å². The number of carbonyl (C=O) groups is 1. The Labute approximate surface area is 173 Å². The van der Waals surface area contributed by atoms with Crippen molar-refractivity contribution in [2.75, 3.05) is 0 Å². The second-order valence-electron chi connectivity index (χ2n) is 7.00. The summed E-state index contributed by atoms with van der Waals surface area (Å²) in [7, 11) is 0. The largest absolute Gasteiger partial charge is 0.345 e. The van der Waals surface area contributed by atoms with E-state index in [1.165, 1.54) is 28.2 Å². The minimum absolute atomic E-state index is 0.0588. The Morgan fingerprint density at radius 1 is 1.27 bits per heavy atom. The van der Waals surface area contributed by atoms with Gasteiger partial charge in [0.1, 0.15) is 10.7 Å². The van der Waals surface area contributed by atoms with Crippen LogP contribution in [0.3, 0.4) is 0 Å². The Kier molecular flexibility index (Phi) is 4.47. The molecule has 1 saturated carbocycles. The molecule has 1 aliphatic rings. The highest BCUT2D eigenvalue weighted by Gasteiger charge is 2.27. The normalized spacial score (nSPS) is 13.5. The average Bonchev–Trinajstić information content (AvgIpc) is 3.48. The van der Waals surface area contributed by atoms with E-state index in [0.29, 0.717) is 5.65 Å². The second-order valence-corrected chi connectivity index (χ2v) is 7.94. The van der Waals surface area contributed by atoms with E-state index in [2.05, 4.69) is 25.3 Å². The fraction of sp³-hybridized carbons (Fsp3) is 0.200. The molecule has 1 aliphatic carbocycles. The van der Waals surface area contributed by atoms with E-state index in [-0.39, 0.29) is 29.4 Å². The van der Waals surface area contributed by atoms with E-state index in [4.69, 9.17) is 0 Å². The first-order chi connectivity index (χ1) is 14.6. The Hall–Kier alpha value is -3.66. The number of hydrogen-bond donors (Lipinski definition) is 2. The molecule has 150 valence electrons. The van der Waals surface area contributed by atoms with Crippen molar-refractivity contribution in [1.29, 1.82) is 0 Å². The number of hydrogen-bond acceptors (Lipinski definition) is 7. The molecule has 1 fully saturated rings. The number of pyridine rings is 2. The minimum Gasteiger partial charge on any atom is -0.345 e. The van der Waals surface area contributed by atoms with E-state index >= 15 is 0 Å². The zero-order valence-corrected chi connectivity index (χ0v) is 16.5. The van der Waals surface area contributed by atoms with Crippen LogP contribution in [0.25, 0.3) is 22.3 Å². The molecule has 0 unspecified atom stereocenters. The quantitative estimate of drug-likeness (QED) is 0.508. The highest BCUT2D eigenvalue weighted by molar-refractivity contribution is 7.09. The Balaban J connectivity index is 1.36. The lowest BCUT2D eigenvalue weighted by molar-refractivity contribution is 0.0950. The highest BCUT2D eigenvalue weighted by Crippen LogP contribution is 2.34. The molecule has 4 heterocycles.